The minimum absolute atomic E-state index is 0.0814. The van der Waals surface area contributed by atoms with Crippen molar-refractivity contribution in [3.63, 3.8) is 0 Å². The smallest absolute Gasteiger partial charge is 0.346 e. The van der Waals surface area contributed by atoms with Gasteiger partial charge < -0.3 is 19.1 Å². The molecule has 1 aromatic carbocycles. The van der Waals surface area contributed by atoms with Gasteiger partial charge in [-0.2, -0.15) is 5.26 Å². The molecule has 162 valence electrons. The Morgan fingerprint density at radius 1 is 1.20 bits per heavy atom. The van der Waals surface area contributed by atoms with Crippen molar-refractivity contribution in [1.82, 2.24) is 4.90 Å². The first-order valence-electron chi connectivity index (χ1n) is 9.51. The fraction of sp³-hybridized carbons (Fsp3) is 0.550. The van der Waals surface area contributed by atoms with Gasteiger partial charge in [0.15, 0.2) is 17.6 Å². The van der Waals surface area contributed by atoms with Gasteiger partial charge in [-0.1, -0.05) is 19.3 Å². The van der Waals surface area contributed by atoms with Crippen LogP contribution in [-0.4, -0.2) is 54.6 Å². The second kappa shape index (κ2) is 9.43. The molecule has 10 heteroatoms. The van der Waals surface area contributed by atoms with Gasteiger partial charge in [-0.25, -0.2) is 4.79 Å². The van der Waals surface area contributed by atoms with Crippen molar-refractivity contribution >= 4 is 17.6 Å². The molecule has 1 aliphatic carbocycles. The highest BCUT2D eigenvalue weighted by molar-refractivity contribution is 5.96. The second-order valence-electron chi connectivity index (χ2n) is 7.13. The molecule has 30 heavy (non-hydrogen) atoms. The molecule has 1 atom stereocenters. The molecule has 0 bridgehead atoms. The number of nitrogens with zero attached hydrogens (tertiary/aromatic N) is 3. The van der Waals surface area contributed by atoms with E-state index in [4.69, 9.17) is 14.2 Å². The van der Waals surface area contributed by atoms with Crippen molar-refractivity contribution in [3.8, 4) is 17.6 Å². The summed E-state index contributed by atoms with van der Waals surface area (Å²) in [5, 5.41) is 21.1. The molecule has 1 fully saturated rings. The van der Waals surface area contributed by atoms with Gasteiger partial charge in [-0.15, -0.1) is 0 Å². The van der Waals surface area contributed by atoms with Crippen LogP contribution in [0, 0.1) is 21.4 Å². The van der Waals surface area contributed by atoms with E-state index in [0.29, 0.717) is 12.8 Å². The number of methoxy groups -OCH3 is 2. The van der Waals surface area contributed by atoms with Crippen LogP contribution in [0.5, 0.6) is 11.5 Å². The summed E-state index contributed by atoms with van der Waals surface area (Å²) < 4.78 is 15.3. The molecule has 0 spiro atoms. The summed E-state index contributed by atoms with van der Waals surface area (Å²) in [4.78, 5) is 37.5. The third-order valence-electron chi connectivity index (χ3n) is 5.41. The summed E-state index contributed by atoms with van der Waals surface area (Å²) in [5.41, 5.74) is -1.84. The van der Waals surface area contributed by atoms with Crippen LogP contribution in [0.1, 0.15) is 49.4 Å². The van der Waals surface area contributed by atoms with Crippen molar-refractivity contribution in [1.29, 1.82) is 5.26 Å². The maximum atomic E-state index is 12.8. The third kappa shape index (κ3) is 4.45. The summed E-state index contributed by atoms with van der Waals surface area (Å²) in [7, 11) is 4.15. The van der Waals surface area contributed by atoms with Crippen molar-refractivity contribution in [2.24, 2.45) is 0 Å². The van der Waals surface area contributed by atoms with Gasteiger partial charge in [0.25, 0.3) is 11.6 Å². The lowest BCUT2D eigenvalue weighted by molar-refractivity contribution is -0.385. The minimum Gasteiger partial charge on any atom is -0.493 e. The van der Waals surface area contributed by atoms with Crippen LogP contribution in [0.3, 0.4) is 0 Å². The molecule has 0 aromatic heterocycles. The molecule has 0 aliphatic heterocycles. The summed E-state index contributed by atoms with van der Waals surface area (Å²) in [5.74, 6) is -1.41. The Kier molecular flexibility index (Phi) is 7.21. The fourth-order valence-electron chi connectivity index (χ4n) is 3.60. The van der Waals surface area contributed by atoms with E-state index in [1.807, 2.05) is 0 Å². The van der Waals surface area contributed by atoms with Crippen LogP contribution < -0.4 is 9.47 Å². The highest BCUT2D eigenvalue weighted by Gasteiger charge is 2.41. The van der Waals surface area contributed by atoms with Crippen LogP contribution in [0.25, 0.3) is 0 Å². The van der Waals surface area contributed by atoms with E-state index in [9.17, 15) is 25.0 Å². The molecule has 1 aliphatic rings. The van der Waals surface area contributed by atoms with Gasteiger partial charge in [0.2, 0.25) is 0 Å². The van der Waals surface area contributed by atoms with Crippen molar-refractivity contribution in [2.75, 3.05) is 21.3 Å². The number of esters is 1. The highest BCUT2D eigenvalue weighted by Crippen LogP contribution is 2.36. The Morgan fingerprint density at radius 2 is 1.77 bits per heavy atom. The Hall–Kier alpha value is -3.35. The number of ether oxygens (including phenoxy) is 3. The molecule has 10 nitrogen and oxygen atoms in total. The number of likely N-dealkylation sites (N-methyl/N-ethyl adjacent to an activating group) is 1. The van der Waals surface area contributed by atoms with Crippen LogP contribution in [0.2, 0.25) is 0 Å². The van der Waals surface area contributed by atoms with Gasteiger partial charge in [0.1, 0.15) is 11.1 Å². The van der Waals surface area contributed by atoms with Gasteiger partial charge in [0, 0.05) is 13.1 Å². The molecule has 1 saturated carbocycles. The number of benzene rings is 1. The van der Waals surface area contributed by atoms with Crippen molar-refractivity contribution in [3.05, 3.63) is 27.8 Å². The van der Waals surface area contributed by atoms with Gasteiger partial charge >= 0.3 is 5.97 Å². The van der Waals surface area contributed by atoms with Crippen LogP contribution >= 0.6 is 0 Å². The number of carbonyl (C=O) groups is 2. The van der Waals surface area contributed by atoms with Gasteiger partial charge in [0.05, 0.1) is 31.3 Å². The zero-order chi connectivity index (χ0) is 22.5. The first-order chi connectivity index (χ1) is 14.2. The first-order valence-corrected chi connectivity index (χ1v) is 9.51. The molecule has 0 radical (unpaired) electrons. The summed E-state index contributed by atoms with van der Waals surface area (Å²) in [6.45, 7) is 1.37. The molecular formula is C20H25N3O7. The summed E-state index contributed by atoms with van der Waals surface area (Å²) >= 11 is 0. The van der Waals surface area contributed by atoms with E-state index >= 15 is 0 Å². The van der Waals surface area contributed by atoms with Crippen molar-refractivity contribution in [2.45, 2.75) is 50.7 Å². The Balaban J connectivity index is 2.25. The molecule has 0 heterocycles. The van der Waals surface area contributed by atoms with E-state index < -0.39 is 34.1 Å². The van der Waals surface area contributed by atoms with Gasteiger partial charge in [-0.05, 0) is 19.8 Å². The van der Waals surface area contributed by atoms with Crippen LogP contribution in [0.4, 0.5) is 5.69 Å². The summed E-state index contributed by atoms with van der Waals surface area (Å²) in [6.07, 6.45) is 2.52. The average Bonchev–Trinajstić information content (AvgIpc) is 2.77. The van der Waals surface area contributed by atoms with E-state index in [-0.39, 0.29) is 17.1 Å². The topological polar surface area (TPSA) is 132 Å². The zero-order valence-electron chi connectivity index (χ0n) is 17.5. The predicted molar refractivity (Wildman–Crippen MR) is 105 cm³/mol. The number of nitro benzene ring substituents is 1. The van der Waals surface area contributed by atoms with E-state index in [1.54, 1.807) is 0 Å². The number of amides is 1. The molecule has 1 aromatic rings. The summed E-state index contributed by atoms with van der Waals surface area (Å²) in [6, 6.07) is 4.43. The van der Waals surface area contributed by atoms with Crippen molar-refractivity contribution < 1.29 is 28.7 Å². The number of nitro groups is 1. The first kappa shape index (κ1) is 22.9. The van der Waals surface area contributed by atoms with Crippen LogP contribution in [0.15, 0.2) is 12.1 Å². The van der Waals surface area contributed by atoms with E-state index in [0.717, 1.165) is 31.4 Å². The molecule has 0 N–H and O–H groups in total. The SMILES string of the molecule is COc1cc(C(=O)O[C@@H](C)C(=O)N(C)C2(C#N)CCCCC2)c([N+](=O)[O-])cc1OC. The molecule has 2 rings (SSSR count). The van der Waals surface area contributed by atoms with Gasteiger partial charge in [-0.3, -0.25) is 14.9 Å². The van der Waals surface area contributed by atoms with E-state index in [2.05, 4.69) is 6.07 Å². The largest absolute Gasteiger partial charge is 0.493 e. The molecular weight excluding hydrogens is 394 g/mol. The Bertz CT molecular complexity index is 872. The number of hydrogen-bond acceptors (Lipinski definition) is 8. The van der Waals surface area contributed by atoms with Crippen LogP contribution in [-0.2, 0) is 9.53 Å². The normalized spacial score (nSPS) is 16.0. The molecule has 0 unspecified atom stereocenters. The maximum absolute atomic E-state index is 12.8. The Labute approximate surface area is 174 Å². The number of hydrogen-bond donors (Lipinski definition) is 0. The highest BCUT2D eigenvalue weighted by atomic mass is 16.6. The van der Waals surface area contributed by atoms with E-state index in [1.165, 1.54) is 33.1 Å². The molecule has 0 saturated heterocycles. The lowest BCUT2D eigenvalue weighted by atomic mass is 9.81. The Morgan fingerprint density at radius 3 is 2.27 bits per heavy atom. The average molecular weight is 419 g/mol. The minimum atomic E-state index is -1.23. The third-order valence-corrected chi connectivity index (χ3v) is 5.41. The quantitative estimate of drug-likeness (QED) is 0.374. The number of carbonyl (C=O) groups excluding carboxylic acids is 2. The zero-order valence-corrected chi connectivity index (χ0v) is 17.5. The monoisotopic (exact) mass is 419 g/mol. The lowest BCUT2D eigenvalue weighted by Crippen LogP contribution is -2.53. The maximum Gasteiger partial charge on any atom is 0.346 e. The molecule has 1 amide bonds. The standard InChI is InChI=1S/C20H25N3O7/c1-13(18(24)22(2)20(12-21)8-6-5-7-9-20)30-19(25)14-10-16(28-3)17(29-4)11-15(14)23(26)27/h10-11,13H,5-9H2,1-4H3/t13-/m0/s1. The number of rotatable bonds is 7. The number of nitriles is 1. The fourth-order valence-corrected chi connectivity index (χ4v) is 3.60. The lowest BCUT2D eigenvalue weighted by Gasteiger charge is -2.39. The second-order valence-corrected chi connectivity index (χ2v) is 7.13. The predicted octanol–water partition coefficient (Wildman–Crippen LogP) is 2.84.